The number of carbonyl (C=O) groups excluding carboxylic acids is 3. The summed E-state index contributed by atoms with van der Waals surface area (Å²) in [7, 11) is 1.21. The third-order valence-corrected chi connectivity index (χ3v) is 3.98. The van der Waals surface area contributed by atoms with Crippen molar-refractivity contribution >= 4 is 23.6 Å². The van der Waals surface area contributed by atoms with Crippen molar-refractivity contribution in [3.63, 3.8) is 0 Å². The Morgan fingerprint density at radius 3 is 2.38 bits per heavy atom. The molecule has 0 aromatic heterocycles. The van der Waals surface area contributed by atoms with Crippen LogP contribution in [0.15, 0.2) is 60.7 Å². The van der Waals surface area contributed by atoms with Crippen molar-refractivity contribution in [2.24, 2.45) is 0 Å². The fourth-order valence-corrected chi connectivity index (χ4v) is 2.51. The average Bonchev–Trinajstić information content (AvgIpc) is 2.71. The minimum atomic E-state index is -1.39. The fourth-order valence-electron chi connectivity index (χ4n) is 2.51. The number of hydrogen-bond acceptors (Lipinski definition) is 6. The third-order valence-electron chi connectivity index (χ3n) is 3.98. The maximum absolute atomic E-state index is 12.2. The molecule has 8 heteroatoms. The summed E-state index contributed by atoms with van der Waals surface area (Å²) in [6.07, 6.45) is 2.10. The molecule has 3 N–H and O–H groups in total. The van der Waals surface area contributed by atoms with E-state index in [-0.39, 0.29) is 12.0 Å². The number of carboxylic acids is 1. The number of aromatic carboxylic acids is 1. The number of aromatic hydroxyl groups is 1. The molecule has 0 fully saturated rings. The second-order valence-electron chi connectivity index (χ2n) is 6.01. The molecule has 150 valence electrons. The number of hydrogen-bond donors (Lipinski definition) is 3. The highest BCUT2D eigenvalue weighted by Crippen LogP contribution is 2.19. The predicted octanol–water partition coefficient (Wildman–Crippen LogP) is 1.73. The third kappa shape index (κ3) is 6.03. The Kier molecular flexibility index (Phi) is 7.25. The van der Waals surface area contributed by atoms with Crippen LogP contribution in [-0.4, -0.2) is 47.0 Å². The zero-order valence-corrected chi connectivity index (χ0v) is 15.5. The molecule has 0 saturated heterocycles. The number of benzene rings is 2. The van der Waals surface area contributed by atoms with E-state index in [0.29, 0.717) is 0 Å². The number of carboxylic acid groups (broad SMARTS) is 1. The highest BCUT2D eigenvalue weighted by molar-refractivity contribution is 6.09. The van der Waals surface area contributed by atoms with E-state index in [2.05, 4.69) is 5.32 Å². The van der Waals surface area contributed by atoms with Crippen molar-refractivity contribution in [3.05, 3.63) is 77.4 Å². The van der Waals surface area contributed by atoms with Crippen molar-refractivity contribution in [1.82, 2.24) is 5.32 Å². The van der Waals surface area contributed by atoms with Crippen LogP contribution in [-0.2, 0) is 20.7 Å². The molecular weight excluding hydrogens is 378 g/mol. The summed E-state index contributed by atoms with van der Waals surface area (Å²) in [5.41, 5.74) is 0.369. The van der Waals surface area contributed by atoms with Crippen LogP contribution in [0.1, 0.15) is 26.3 Å². The van der Waals surface area contributed by atoms with Gasteiger partial charge in [-0.3, -0.25) is 9.59 Å². The quantitative estimate of drug-likeness (QED) is 0.351. The van der Waals surface area contributed by atoms with Gasteiger partial charge in [0.25, 0.3) is 0 Å². The Hall–Kier alpha value is -3.94. The Balaban J connectivity index is 2.08. The van der Waals surface area contributed by atoms with Crippen LogP contribution < -0.4 is 5.32 Å². The maximum atomic E-state index is 12.2. The molecule has 2 aromatic carbocycles. The zero-order chi connectivity index (χ0) is 21.4. The van der Waals surface area contributed by atoms with Gasteiger partial charge in [0.1, 0.15) is 17.4 Å². The number of methoxy groups -OCH3 is 1. The Labute approximate surface area is 166 Å². The lowest BCUT2D eigenvalue weighted by Crippen LogP contribution is -2.42. The molecule has 0 radical (unpaired) electrons. The molecule has 0 heterocycles. The summed E-state index contributed by atoms with van der Waals surface area (Å²) >= 11 is 0. The molecule has 0 saturated carbocycles. The molecule has 2 rings (SSSR count). The zero-order valence-electron chi connectivity index (χ0n) is 15.5. The lowest BCUT2D eigenvalue weighted by Gasteiger charge is -2.15. The summed E-state index contributed by atoms with van der Waals surface area (Å²) < 4.78 is 4.70. The Morgan fingerprint density at radius 2 is 1.76 bits per heavy atom. The smallest absolute Gasteiger partial charge is 0.339 e. The van der Waals surface area contributed by atoms with Crippen LogP contribution in [0.3, 0.4) is 0 Å². The van der Waals surface area contributed by atoms with E-state index in [4.69, 9.17) is 9.84 Å². The first kappa shape index (κ1) is 21.4. The van der Waals surface area contributed by atoms with E-state index in [9.17, 15) is 24.3 Å². The van der Waals surface area contributed by atoms with Crippen LogP contribution in [0.5, 0.6) is 5.75 Å². The largest absolute Gasteiger partial charge is 0.507 e. The molecular formula is C21H19NO7. The van der Waals surface area contributed by atoms with Gasteiger partial charge in [-0.05, 0) is 29.8 Å². The molecule has 29 heavy (non-hydrogen) atoms. The number of carbonyl (C=O) groups is 4. The second kappa shape index (κ2) is 9.84. The van der Waals surface area contributed by atoms with E-state index in [1.165, 1.54) is 13.2 Å². The summed E-state index contributed by atoms with van der Waals surface area (Å²) in [5.74, 6) is -3.83. The number of amides is 1. The van der Waals surface area contributed by atoms with E-state index in [1.807, 2.05) is 6.07 Å². The minimum Gasteiger partial charge on any atom is -0.507 e. The van der Waals surface area contributed by atoms with Gasteiger partial charge >= 0.3 is 11.9 Å². The number of allylic oxidation sites excluding steroid dienone is 1. The van der Waals surface area contributed by atoms with Crippen LogP contribution >= 0.6 is 0 Å². The average molecular weight is 397 g/mol. The van der Waals surface area contributed by atoms with Crippen LogP contribution in [0.25, 0.3) is 0 Å². The summed E-state index contributed by atoms with van der Waals surface area (Å²) in [4.78, 5) is 47.3. The second-order valence-corrected chi connectivity index (χ2v) is 6.01. The molecule has 0 aliphatic rings. The number of rotatable bonds is 8. The molecule has 1 atom stereocenters. The molecule has 0 unspecified atom stereocenters. The van der Waals surface area contributed by atoms with Crippen molar-refractivity contribution < 1.29 is 34.1 Å². The molecule has 0 bridgehead atoms. The fraction of sp³-hybridized carbons (Fsp3) is 0.143. The molecule has 0 spiro atoms. The summed E-state index contributed by atoms with van der Waals surface area (Å²) in [6.45, 7) is 0. The standard InChI is InChI=1S/C21H19NO7/c1-29-21(28)16(11-13-5-3-2-4-6-13)22-19(25)10-9-17(23)14-7-8-18(24)15(12-14)20(26)27/h2-10,12,16,24H,11H2,1H3,(H,22,25)(H,26,27)/b10-9+/t16-/m0/s1. The number of ketones is 1. The topological polar surface area (TPSA) is 130 Å². The van der Waals surface area contributed by atoms with Gasteiger partial charge in [0, 0.05) is 18.1 Å². The van der Waals surface area contributed by atoms with Gasteiger partial charge in [-0.25, -0.2) is 9.59 Å². The van der Waals surface area contributed by atoms with Crippen LogP contribution in [0, 0.1) is 0 Å². The molecule has 0 aliphatic heterocycles. The van der Waals surface area contributed by atoms with Crippen LogP contribution in [0.4, 0.5) is 0 Å². The summed E-state index contributed by atoms with van der Waals surface area (Å²) in [6, 6.07) is 11.4. The van der Waals surface area contributed by atoms with Gasteiger partial charge in [0.15, 0.2) is 5.78 Å². The first-order valence-corrected chi connectivity index (χ1v) is 8.52. The highest BCUT2D eigenvalue weighted by Gasteiger charge is 2.21. The SMILES string of the molecule is COC(=O)[C@H](Cc1ccccc1)NC(=O)/C=C/C(=O)c1ccc(O)c(C(=O)O)c1. The first-order valence-electron chi connectivity index (χ1n) is 8.52. The lowest BCUT2D eigenvalue weighted by atomic mass is 10.1. The van der Waals surface area contributed by atoms with Gasteiger partial charge in [0.2, 0.25) is 5.91 Å². The normalized spacial score (nSPS) is 11.6. The van der Waals surface area contributed by atoms with Crippen LogP contribution in [0.2, 0.25) is 0 Å². The predicted molar refractivity (Wildman–Crippen MR) is 103 cm³/mol. The lowest BCUT2D eigenvalue weighted by molar-refractivity contribution is -0.144. The van der Waals surface area contributed by atoms with Crippen molar-refractivity contribution in [2.45, 2.75) is 12.5 Å². The van der Waals surface area contributed by atoms with E-state index < -0.39 is 41.0 Å². The maximum Gasteiger partial charge on any atom is 0.339 e. The molecule has 8 nitrogen and oxygen atoms in total. The van der Waals surface area contributed by atoms with Gasteiger partial charge in [-0.2, -0.15) is 0 Å². The van der Waals surface area contributed by atoms with Gasteiger partial charge in [-0.1, -0.05) is 30.3 Å². The van der Waals surface area contributed by atoms with E-state index >= 15 is 0 Å². The highest BCUT2D eigenvalue weighted by atomic mass is 16.5. The van der Waals surface area contributed by atoms with Crippen molar-refractivity contribution in [3.8, 4) is 5.75 Å². The Morgan fingerprint density at radius 1 is 1.07 bits per heavy atom. The molecule has 1 amide bonds. The van der Waals surface area contributed by atoms with Crippen molar-refractivity contribution in [2.75, 3.05) is 7.11 Å². The van der Waals surface area contributed by atoms with Gasteiger partial charge in [-0.15, -0.1) is 0 Å². The Bertz CT molecular complexity index is 951. The molecule has 0 aliphatic carbocycles. The minimum absolute atomic E-state index is 0.0157. The van der Waals surface area contributed by atoms with E-state index in [0.717, 1.165) is 29.8 Å². The number of nitrogens with one attached hydrogen (secondary N) is 1. The molecule has 2 aromatic rings. The van der Waals surface area contributed by atoms with Crippen molar-refractivity contribution in [1.29, 1.82) is 0 Å². The van der Waals surface area contributed by atoms with E-state index in [1.54, 1.807) is 24.3 Å². The first-order chi connectivity index (χ1) is 13.8. The summed E-state index contributed by atoms with van der Waals surface area (Å²) in [5, 5.41) is 20.9. The number of ether oxygens (including phenoxy) is 1. The number of phenols is 1. The monoisotopic (exact) mass is 397 g/mol. The number of esters is 1. The van der Waals surface area contributed by atoms with Gasteiger partial charge < -0.3 is 20.3 Å². The van der Waals surface area contributed by atoms with Gasteiger partial charge in [0.05, 0.1) is 7.11 Å².